The van der Waals surface area contributed by atoms with Crippen LogP contribution >= 0.6 is 11.6 Å². The molecule has 0 saturated carbocycles. The second-order valence-electron chi connectivity index (χ2n) is 11.9. The van der Waals surface area contributed by atoms with Gasteiger partial charge in [-0.2, -0.15) is 0 Å². The van der Waals surface area contributed by atoms with E-state index in [2.05, 4.69) is 15.4 Å². The van der Waals surface area contributed by atoms with Gasteiger partial charge >= 0.3 is 0 Å². The molecule has 264 valence electrons. The molecule has 0 aliphatic carbocycles. The minimum Gasteiger partial charge on any atom is -0.457 e. The first-order chi connectivity index (χ1) is 24.4. The second kappa shape index (κ2) is 16.8. The van der Waals surface area contributed by atoms with Gasteiger partial charge in [-0.3, -0.25) is 19.6 Å². The summed E-state index contributed by atoms with van der Waals surface area (Å²) < 4.78 is 49.1. The number of hydrogen-bond acceptors (Lipinski definition) is 7. The summed E-state index contributed by atoms with van der Waals surface area (Å²) in [6, 6.07) is 31.4. The molecule has 5 aromatic carbocycles. The van der Waals surface area contributed by atoms with E-state index in [1.54, 1.807) is 91.9 Å². The molecular weight excluding hydrogens is 691 g/mol. The Kier molecular flexibility index (Phi) is 12.2. The largest absolute Gasteiger partial charge is 0.457 e. The molecule has 5 rings (SSSR count). The fourth-order valence-corrected chi connectivity index (χ4v) is 6.67. The van der Waals surface area contributed by atoms with Crippen molar-refractivity contribution in [3.8, 4) is 11.5 Å². The van der Waals surface area contributed by atoms with Crippen molar-refractivity contribution in [1.29, 1.82) is 0 Å². The topological polar surface area (TPSA) is 140 Å². The monoisotopic (exact) mass is 728 g/mol. The quantitative estimate of drug-likeness (QED) is 0.0933. The molecule has 5 N–H and O–H groups in total. The van der Waals surface area contributed by atoms with Crippen LogP contribution in [-0.4, -0.2) is 26.3 Å². The van der Waals surface area contributed by atoms with Crippen molar-refractivity contribution in [3.05, 3.63) is 154 Å². The van der Waals surface area contributed by atoms with Crippen LogP contribution in [0.4, 0.5) is 10.1 Å². The van der Waals surface area contributed by atoms with Gasteiger partial charge in [0.15, 0.2) is 0 Å². The maximum atomic E-state index is 14.3. The van der Waals surface area contributed by atoms with E-state index in [1.807, 2.05) is 13.0 Å². The zero-order valence-electron chi connectivity index (χ0n) is 28.0. The van der Waals surface area contributed by atoms with E-state index in [4.69, 9.17) is 22.1 Å². The number of anilines is 1. The van der Waals surface area contributed by atoms with E-state index in [9.17, 15) is 22.4 Å². The Bertz CT molecular complexity index is 2100. The number of imide groups is 1. The summed E-state index contributed by atoms with van der Waals surface area (Å²) >= 11 is 6.41. The van der Waals surface area contributed by atoms with Crippen molar-refractivity contribution >= 4 is 39.1 Å². The SMILES string of the molecule is CCC(NCc1ccccc1F)C(=O)NC(=O)C(c1ccc(NS(=O)(=O)c2ccccc2)cc1)c1ccc(Cl)cc1Oc1cccc([C@H](C)N)c1. The Morgan fingerprint density at radius 1 is 0.843 bits per heavy atom. The van der Waals surface area contributed by atoms with Crippen molar-refractivity contribution in [2.75, 3.05) is 4.72 Å². The number of nitrogens with one attached hydrogen (secondary N) is 3. The van der Waals surface area contributed by atoms with Gasteiger partial charge in [0.25, 0.3) is 10.0 Å². The standard InChI is InChI=1S/C39H38ClFN4O5S/c1-3-35(43-24-28-10-7-8-15-34(28)41)38(46)44-39(47)37(26-16-19-30(20-17-26)45-51(48,49)32-13-5-4-6-14-32)33-21-18-29(40)23-36(33)50-31-12-9-11-27(22-31)25(2)42/h4-23,25,35,37,43,45H,3,24,42H2,1-2H3,(H,44,46,47)/t25-,35?,37?/m0/s1. The van der Waals surface area contributed by atoms with Crippen LogP contribution in [0.1, 0.15) is 54.5 Å². The van der Waals surface area contributed by atoms with E-state index >= 15 is 0 Å². The first-order valence-corrected chi connectivity index (χ1v) is 18.1. The van der Waals surface area contributed by atoms with E-state index in [0.29, 0.717) is 33.9 Å². The number of halogens is 2. The molecule has 51 heavy (non-hydrogen) atoms. The highest BCUT2D eigenvalue weighted by atomic mass is 35.5. The van der Waals surface area contributed by atoms with Crippen LogP contribution in [0, 0.1) is 5.82 Å². The van der Waals surface area contributed by atoms with Crippen LogP contribution < -0.4 is 25.8 Å². The van der Waals surface area contributed by atoms with E-state index in [0.717, 1.165) is 5.56 Å². The number of rotatable bonds is 14. The number of sulfonamides is 1. The molecule has 12 heteroatoms. The van der Waals surface area contributed by atoms with Crippen LogP contribution in [0.5, 0.6) is 11.5 Å². The average molecular weight is 729 g/mol. The second-order valence-corrected chi connectivity index (χ2v) is 14.0. The number of nitrogens with two attached hydrogens (primary N) is 1. The van der Waals surface area contributed by atoms with Gasteiger partial charge in [-0.05, 0) is 79.1 Å². The van der Waals surface area contributed by atoms with Gasteiger partial charge in [-0.1, -0.05) is 85.3 Å². The molecular formula is C39H38ClFN4O5S. The Labute approximate surface area is 302 Å². The minimum absolute atomic E-state index is 0.0756. The fourth-order valence-electron chi connectivity index (χ4n) is 5.43. The molecule has 2 unspecified atom stereocenters. The first kappa shape index (κ1) is 37.2. The molecule has 0 saturated heterocycles. The van der Waals surface area contributed by atoms with E-state index in [1.165, 1.54) is 30.3 Å². The third kappa shape index (κ3) is 9.59. The summed E-state index contributed by atoms with van der Waals surface area (Å²) in [6.45, 7) is 3.70. The maximum absolute atomic E-state index is 14.3. The first-order valence-electron chi connectivity index (χ1n) is 16.3. The van der Waals surface area contributed by atoms with Crippen molar-refractivity contribution in [1.82, 2.24) is 10.6 Å². The predicted molar refractivity (Wildman–Crippen MR) is 197 cm³/mol. The van der Waals surface area contributed by atoms with Gasteiger partial charge in [-0.15, -0.1) is 0 Å². The lowest BCUT2D eigenvalue weighted by molar-refractivity contribution is -0.132. The normalized spacial score (nSPS) is 13.1. The third-order valence-electron chi connectivity index (χ3n) is 8.18. The van der Waals surface area contributed by atoms with Crippen LogP contribution in [0.25, 0.3) is 0 Å². The fraction of sp³-hybridized carbons (Fsp3) is 0.179. The van der Waals surface area contributed by atoms with Gasteiger partial charge in [0, 0.05) is 34.4 Å². The molecule has 0 aromatic heterocycles. The maximum Gasteiger partial charge on any atom is 0.261 e. The Hall–Kier alpha value is -5.07. The molecule has 0 radical (unpaired) electrons. The molecule has 0 aliphatic heterocycles. The number of ether oxygens (including phenoxy) is 1. The zero-order valence-corrected chi connectivity index (χ0v) is 29.5. The summed E-state index contributed by atoms with van der Waals surface area (Å²) in [5, 5.41) is 5.92. The summed E-state index contributed by atoms with van der Waals surface area (Å²) in [5.41, 5.74) is 8.40. The van der Waals surface area contributed by atoms with Gasteiger partial charge in [0.05, 0.1) is 16.9 Å². The highest BCUT2D eigenvalue weighted by molar-refractivity contribution is 7.92. The Balaban J connectivity index is 1.47. The molecule has 5 aromatic rings. The van der Waals surface area contributed by atoms with Crippen molar-refractivity contribution < 1.29 is 27.1 Å². The molecule has 3 atom stereocenters. The van der Waals surface area contributed by atoms with Gasteiger partial charge < -0.3 is 15.8 Å². The predicted octanol–water partition coefficient (Wildman–Crippen LogP) is 7.44. The minimum atomic E-state index is -3.88. The Morgan fingerprint density at radius 3 is 2.24 bits per heavy atom. The Morgan fingerprint density at radius 2 is 1.55 bits per heavy atom. The van der Waals surface area contributed by atoms with Crippen molar-refractivity contribution in [2.24, 2.45) is 5.73 Å². The highest BCUT2D eigenvalue weighted by Gasteiger charge is 2.30. The lowest BCUT2D eigenvalue weighted by Crippen LogP contribution is -2.47. The van der Waals surface area contributed by atoms with Gasteiger partial charge in [0.2, 0.25) is 11.8 Å². The van der Waals surface area contributed by atoms with Crippen LogP contribution in [0.15, 0.2) is 126 Å². The molecule has 0 spiro atoms. The summed E-state index contributed by atoms with van der Waals surface area (Å²) in [4.78, 5) is 27.8. The summed E-state index contributed by atoms with van der Waals surface area (Å²) in [7, 11) is -3.88. The van der Waals surface area contributed by atoms with Crippen LogP contribution in [-0.2, 0) is 26.2 Å². The molecule has 0 fully saturated rings. The lowest BCUT2D eigenvalue weighted by atomic mass is 9.89. The molecule has 0 heterocycles. The lowest BCUT2D eigenvalue weighted by Gasteiger charge is -2.23. The zero-order chi connectivity index (χ0) is 36.5. The van der Waals surface area contributed by atoms with Crippen LogP contribution in [0.3, 0.4) is 0 Å². The number of benzene rings is 5. The molecule has 2 amide bonds. The number of hydrogen-bond donors (Lipinski definition) is 4. The smallest absolute Gasteiger partial charge is 0.261 e. The third-order valence-corrected chi connectivity index (χ3v) is 9.81. The number of carbonyl (C=O) groups excluding carboxylic acids is 2. The average Bonchev–Trinajstić information content (AvgIpc) is 3.11. The molecule has 0 bridgehead atoms. The molecule has 9 nitrogen and oxygen atoms in total. The van der Waals surface area contributed by atoms with E-state index < -0.39 is 39.6 Å². The van der Waals surface area contributed by atoms with Gasteiger partial charge in [-0.25, -0.2) is 12.8 Å². The summed E-state index contributed by atoms with van der Waals surface area (Å²) in [6.07, 6.45) is 0.319. The molecule has 0 aliphatic rings. The number of amides is 2. The van der Waals surface area contributed by atoms with E-state index in [-0.39, 0.29) is 28.9 Å². The van der Waals surface area contributed by atoms with Gasteiger partial charge in [0.1, 0.15) is 17.3 Å². The highest BCUT2D eigenvalue weighted by Crippen LogP contribution is 2.38. The van der Waals surface area contributed by atoms with Crippen molar-refractivity contribution in [3.63, 3.8) is 0 Å². The van der Waals surface area contributed by atoms with Crippen LogP contribution in [0.2, 0.25) is 5.02 Å². The number of carbonyl (C=O) groups is 2. The summed E-state index contributed by atoms with van der Waals surface area (Å²) in [5.74, 6) is -2.07. The van der Waals surface area contributed by atoms with Crippen molar-refractivity contribution in [2.45, 2.75) is 49.7 Å².